The van der Waals surface area contributed by atoms with Crippen molar-refractivity contribution in [2.24, 2.45) is 0 Å². The standard InChI is InChI=1S/C54H52N2/c1-33-17-21-39(22-18-33)55(41-15-11-13-35(3)25-41)43-27-37(5)51-45-31-48-46(32-47(45)53(7,8)49(51)29-43)52-38(6)28-44(30-50(52)54(48,9)10)56(40-23-19-34(2)20-24-40)42-16-12-14-36(4)26-42/h11-32H,1-10H3. The zero-order valence-electron chi connectivity index (χ0n) is 34.6. The van der Waals surface area contributed by atoms with Gasteiger partial charge in [0.15, 0.2) is 0 Å². The van der Waals surface area contributed by atoms with E-state index in [1.807, 2.05) is 0 Å². The van der Waals surface area contributed by atoms with Gasteiger partial charge in [-0.1, -0.05) is 87.4 Å². The minimum absolute atomic E-state index is 0.180. The summed E-state index contributed by atoms with van der Waals surface area (Å²) >= 11 is 0. The number of benzene rings is 7. The smallest absolute Gasteiger partial charge is 0.0467 e. The van der Waals surface area contributed by atoms with Crippen LogP contribution in [0.1, 0.15) is 83.3 Å². The van der Waals surface area contributed by atoms with Gasteiger partial charge in [-0.25, -0.2) is 0 Å². The number of hydrogen-bond donors (Lipinski definition) is 0. The molecule has 0 saturated heterocycles. The summed E-state index contributed by atoms with van der Waals surface area (Å²) in [6, 6.07) is 50.4. The fraction of sp³-hybridized carbons (Fsp3) is 0.222. The largest absolute Gasteiger partial charge is 0.310 e. The molecule has 56 heavy (non-hydrogen) atoms. The second-order valence-electron chi connectivity index (χ2n) is 17.6. The van der Waals surface area contributed by atoms with Crippen LogP contribution in [0.4, 0.5) is 34.1 Å². The molecule has 2 aliphatic carbocycles. The molecule has 0 heterocycles. The average Bonchev–Trinajstić information content (AvgIpc) is 3.52. The molecule has 2 heteroatoms. The third kappa shape index (κ3) is 5.61. The van der Waals surface area contributed by atoms with Gasteiger partial charge in [-0.2, -0.15) is 0 Å². The summed E-state index contributed by atoms with van der Waals surface area (Å²) < 4.78 is 0. The van der Waals surface area contributed by atoms with Crippen LogP contribution in [0.15, 0.2) is 133 Å². The number of hydrogen-bond acceptors (Lipinski definition) is 2. The highest BCUT2D eigenvalue weighted by molar-refractivity contribution is 5.94. The first-order chi connectivity index (χ1) is 26.7. The van der Waals surface area contributed by atoms with E-state index in [4.69, 9.17) is 0 Å². The van der Waals surface area contributed by atoms with Crippen LogP contribution in [-0.4, -0.2) is 0 Å². The van der Waals surface area contributed by atoms with Gasteiger partial charge in [0.1, 0.15) is 0 Å². The Labute approximate surface area is 334 Å². The third-order valence-electron chi connectivity index (χ3n) is 12.7. The minimum atomic E-state index is -0.180. The van der Waals surface area contributed by atoms with Crippen molar-refractivity contribution in [3.63, 3.8) is 0 Å². The summed E-state index contributed by atoms with van der Waals surface area (Å²) in [6.07, 6.45) is 0. The van der Waals surface area contributed by atoms with Crippen LogP contribution in [-0.2, 0) is 10.8 Å². The fourth-order valence-corrected chi connectivity index (χ4v) is 9.65. The monoisotopic (exact) mass is 728 g/mol. The van der Waals surface area contributed by atoms with Crippen LogP contribution in [0.25, 0.3) is 22.3 Å². The van der Waals surface area contributed by atoms with Gasteiger partial charge in [-0.05, 0) is 193 Å². The molecule has 9 rings (SSSR count). The van der Waals surface area contributed by atoms with E-state index in [0.717, 1.165) is 0 Å². The summed E-state index contributed by atoms with van der Waals surface area (Å²) in [5.74, 6) is 0. The molecule has 0 unspecified atom stereocenters. The van der Waals surface area contributed by atoms with Crippen molar-refractivity contribution in [1.82, 2.24) is 0 Å². The van der Waals surface area contributed by atoms with E-state index in [1.54, 1.807) is 0 Å². The number of nitrogens with zero attached hydrogens (tertiary/aromatic N) is 2. The molecule has 0 aromatic heterocycles. The molecule has 0 radical (unpaired) electrons. The lowest BCUT2D eigenvalue weighted by Crippen LogP contribution is -2.18. The van der Waals surface area contributed by atoms with Crippen LogP contribution in [0.2, 0.25) is 0 Å². The van der Waals surface area contributed by atoms with Crippen LogP contribution in [0.5, 0.6) is 0 Å². The first kappa shape index (κ1) is 35.8. The van der Waals surface area contributed by atoms with Gasteiger partial charge < -0.3 is 9.80 Å². The van der Waals surface area contributed by atoms with Gasteiger partial charge >= 0.3 is 0 Å². The topological polar surface area (TPSA) is 6.48 Å². The second-order valence-corrected chi connectivity index (χ2v) is 17.6. The van der Waals surface area contributed by atoms with Gasteiger partial charge in [-0.15, -0.1) is 0 Å². The van der Waals surface area contributed by atoms with E-state index in [9.17, 15) is 0 Å². The van der Waals surface area contributed by atoms with Gasteiger partial charge in [0, 0.05) is 45.0 Å². The molecule has 278 valence electrons. The number of anilines is 6. The summed E-state index contributed by atoms with van der Waals surface area (Å²) in [7, 11) is 0. The molecule has 0 spiro atoms. The Kier molecular flexibility index (Phi) is 8.22. The molecule has 2 aliphatic rings. The zero-order valence-corrected chi connectivity index (χ0v) is 34.6. The molecule has 2 nitrogen and oxygen atoms in total. The minimum Gasteiger partial charge on any atom is -0.310 e. The fourth-order valence-electron chi connectivity index (χ4n) is 9.65. The molecule has 0 aliphatic heterocycles. The van der Waals surface area contributed by atoms with Gasteiger partial charge in [0.2, 0.25) is 0 Å². The Bertz CT molecular complexity index is 2500. The highest BCUT2D eigenvalue weighted by Gasteiger charge is 2.43. The number of fused-ring (bicyclic) bond motifs is 6. The van der Waals surface area contributed by atoms with Crippen molar-refractivity contribution < 1.29 is 0 Å². The SMILES string of the molecule is Cc1ccc(N(c2cccc(C)c2)c2cc(C)c3c(c2)C(C)(C)c2cc4c(cc2-3)C(C)(C)c2cc(N(c3ccc(C)cc3)c3cccc(C)c3)cc(C)c2-4)cc1. The highest BCUT2D eigenvalue weighted by atomic mass is 15.1. The van der Waals surface area contributed by atoms with E-state index in [0.29, 0.717) is 0 Å². The Balaban J connectivity index is 1.18. The lowest BCUT2D eigenvalue weighted by Gasteiger charge is -2.29. The van der Waals surface area contributed by atoms with Crippen LogP contribution >= 0.6 is 0 Å². The first-order valence-corrected chi connectivity index (χ1v) is 20.1. The van der Waals surface area contributed by atoms with Crippen molar-refractivity contribution >= 4 is 34.1 Å². The molecular formula is C54H52N2. The molecule has 0 bridgehead atoms. The van der Waals surface area contributed by atoms with Gasteiger partial charge in [-0.3, -0.25) is 0 Å². The summed E-state index contributed by atoms with van der Waals surface area (Å²) in [4.78, 5) is 4.85. The Morgan fingerprint density at radius 3 is 1.05 bits per heavy atom. The van der Waals surface area contributed by atoms with E-state index in [2.05, 4.69) is 212 Å². The maximum atomic E-state index is 2.56. The summed E-state index contributed by atoms with van der Waals surface area (Å²) in [6.45, 7) is 23.0. The molecule has 0 saturated carbocycles. The zero-order chi connectivity index (χ0) is 39.3. The van der Waals surface area contributed by atoms with Gasteiger partial charge in [0.05, 0.1) is 0 Å². The second kappa shape index (κ2) is 12.8. The normalized spacial score (nSPS) is 14.2. The Hall–Kier alpha value is -5.86. The first-order valence-electron chi connectivity index (χ1n) is 20.1. The predicted octanol–water partition coefficient (Wildman–Crippen LogP) is 15.1. The van der Waals surface area contributed by atoms with E-state index in [1.165, 1.54) is 112 Å². The third-order valence-corrected chi connectivity index (χ3v) is 12.7. The molecule has 7 aromatic carbocycles. The molecule has 7 aromatic rings. The lowest BCUT2D eigenvalue weighted by molar-refractivity contribution is 0.652. The summed E-state index contributed by atoms with van der Waals surface area (Å²) in [5.41, 5.74) is 25.5. The molecule has 0 N–H and O–H groups in total. The molecule has 0 fully saturated rings. The van der Waals surface area contributed by atoms with Gasteiger partial charge in [0.25, 0.3) is 0 Å². The van der Waals surface area contributed by atoms with E-state index in [-0.39, 0.29) is 10.8 Å². The lowest BCUT2D eigenvalue weighted by atomic mass is 9.79. The highest BCUT2D eigenvalue weighted by Crippen LogP contribution is 2.59. The van der Waals surface area contributed by atoms with Crippen LogP contribution < -0.4 is 9.80 Å². The molecule has 0 atom stereocenters. The Morgan fingerprint density at radius 2 is 0.696 bits per heavy atom. The Morgan fingerprint density at radius 1 is 0.321 bits per heavy atom. The van der Waals surface area contributed by atoms with E-state index >= 15 is 0 Å². The average molecular weight is 729 g/mol. The summed E-state index contributed by atoms with van der Waals surface area (Å²) in [5, 5.41) is 0. The van der Waals surface area contributed by atoms with Crippen molar-refractivity contribution in [2.45, 2.75) is 80.1 Å². The molecular weight excluding hydrogens is 677 g/mol. The van der Waals surface area contributed by atoms with Crippen molar-refractivity contribution in [3.8, 4) is 22.3 Å². The quantitative estimate of drug-likeness (QED) is 0.168. The van der Waals surface area contributed by atoms with E-state index < -0.39 is 0 Å². The van der Waals surface area contributed by atoms with Crippen molar-refractivity contribution in [3.05, 3.63) is 189 Å². The molecule has 0 amide bonds. The van der Waals surface area contributed by atoms with Crippen molar-refractivity contribution in [1.29, 1.82) is 0 Å². The van der Waals surface area contributed by atoms with Crippen LogP contribution in [0, 0.1) is 41.5 Å². The maximum Gasteiger partial charge on any atom is 0.0467 e. The number of rotatable bonds is 6. The number of aryl methyl sites for hydroxylation is 6. The maximum absolute atomic E-state index is 2.56. The predicted molar refractivity (Wildman–Crippen MR) is 239 cm³/mol. The van der Waals surface area contributed by atoms with Crippen molar-refractivity contribution in [2.75, 3.05) is 9.80 Å². The van der Waals surface area contributed by atoms with Crippen LogP contribution in [0.3, 0.4) is 0 Å².